The molecule has 0 spiro atoms. The molecule has 14 nitrogen and oxygen atoms in total. The molecule has 0 aromatic heterocycles. The van der Waals surface area contributed by atoms with Crippen LogP contribution in [-0.4, -0.2) is 125 Å². The Morgan fingerprint density at radius 1 is 1.06 bits per heavy atom. The summed E-state index contributed by atoms with van der Waals surface area (Å²) in [7, 11) is 5.04. The van der Waals surface area contributed by atoms with Crippen molar-refractivity contribution in [3.8, 4) is 16.9 Å². The molecule has 1 saturated heterocycles. The summed E-state index contributed by atoms with van der Waals surface area (Å²) in [5, 5.41) is 29.1. The highest BCUT2D eigenvalue weighted by Crippen LogP contribution is 2.61. The predicted octanol–water partition coefficient (Wildman–Crippen LogP) is 4.18. The number of aliphatic hydroxyl groups is 2. The zero-order chi connectivity index (χ0) is 45.4. The summed E-state index contributed by atoms with van der Waals surface area (Å²) < 4.78 is 50.1. The number of amides is 2. The first kappa shape index (κ1) is 47.3. The lowest BCUT2D eigenvalue weighted by molar-refractivity contribution is -0.183. The van der Waals surface area contributed by atoms with Crippen LogP contribution in [0.5, 0.6) is 5.75 Å². The Balaban J connectivity index is 1.34. The van der Waals surface area contributed by atoms with Crippen LogP contribution < -0.4 is 25.0 Å². The molecule has 0 radical (unpaired) electrons. The summed E-state index contributed by atoms with van der Waals surface area (Å²) in [4.78, 5) is 38.6. The highest BCUT2D eigenvalue weighted by molar-refractivity contribution is 7.88. The molecule has 340 valence electrons. The van der Waals surface area contributed by atoms with Crippen LogP contribution in [-0.2, 0) is 26.2 Å². The van der Waals surface area contributed by atoms with E-state index in [2.05, 4.69) is 36.1 Å². The van der Waals surface area contributed by atoms with Gasteiger partial charge in [-0.2, -0.15) is 5.06 Å². The van der Waals surface area contributed by atoms with Gasteiger partial charge in [-0.3, -0.25) is 14.4 Å². The van der Waals surface area contributed by atoms with E-state index in [9.17, 15) is 28.2 Å². The lowest BCUT2D eigenvalue weighted by Crippen LogP contribution is -2.62. The number of sulfonamides is 1. The number of nitrogens with one attached hydrogen (secondary N) is 3. The third-order valence-electron chi connectivity index (χ3n) is 13.6. The van der Waals surface area contributed by atoms with Gasteiger partial charge in [-0.15, -0.1) is 0 Å². The molecule has 0 unspecified atom stereocenters. The lowest BCUT2D eigenvalue weighted by atomic mass is 9.45. The second-order valence-electron chi connectivity index (χ2n) is 18.6. The average molecular weight is 881 g/mol. The van der Waals surface area contributed by atoms with Crippen LogP contribution in [0.4, 0.5) is 10.1 Å². The summed E-state index contributed by atoms with van der Waals surface area (Å²) in [5.41, 5.74) is 2.85. The molecule has 5 N–H and O–H groups in total. The van der Waals surface area contributed by atoms with Crippen LogP contribution in [0, 0.1) is 34.9 Å². The van der Waals surface area contributed by atoms with Gasteiger partial charge in [-0.05, 0) is 98.5 Å². The number of methoxy groups -OCH3 is 1. The molecule has 4 fully saturated rings. The number of halogens is 1. The molecule has 62 heavy (non-hydrogen) atoms. The summed E-state index contributed by atoms with van der Waals surface area (Å²) in [6.07, 6.45) is 1.08. The van der Waals surface area contributed by atoms with E-state index < -0.39 is 64.6 Å². The number of benzene rings is 3. The van der Waals surface area contributed by atoms with Gasteiger partial charge in [0.25, 0.3) is 5.91 Å². The van der Waals surface area contributed by atoms with Gasteiger partial charge in [0.2, 0.25) is 15.9 Å². The Morgan fingerprint density at radius 3 is 2.32 bits per heavy atom. The largest absolute Gasteiger partial charge is 0.496 e. The summed E-state index contributed by atoms with van der Waals surface area (Å²) >= 11 is 0. The van der Waals surface area contributed by atoms with Crippen molar-refractivity contribution in [3.05, 3.63) is 83.2 Å². The smallest absolute Gasteiger partial charge is 0.251 e. The zero-order valence-corrected chi connectivity index (χ0v) is 38.4. The lowest BCUT2D eigenvalue weighted by Gasteiger charge is -2.62. The molecule has 1 heterocycles. The van der Waals surface area contributed by atoms with Crippen molar-refractivity contribution < 1.29 is 42.2 Å². The molecule has 16 heteroatoms. The van der Waals surface area contributed by atoms with Crippen molar-refractivity contribution in [3.63, 3.8) is 0 Å². The summed E-state index contributed by atoms with van der Waals surface area (Å²) in [6, 6.07) is 14.5. The second kappa shape index (κ2) is 18.9. The van der Waals surface area contributed by atoms with Gasteiger partial charge < -0.3 is 35.4 Å². The Morgan fingerprint density at radius 2 is 1.76 bits per heavy atom. The van der Waals surface area contributed by atoms with E-state index in [-0.39, 0.29) is 46.7 Å². The monoisotopic (exact) mass is 880 g/mol. The summed E-state index contributed by atoms with van der Waals surface area (Å²) in [5.74, 6) is -0.924. The van der Waals surface area contributed by atoms with E-state index in [1.165, 1.54) is 18.2 Å². The van der Waals surface area contributed by atoms with E-state index in [0.29, 0.717) is 40.8 Å². The summed E-state index contributed by atoms with van der Waals surface area (Å²) in [6.45, 7) is 7.87. The normalized spacial score (nSPS) is 26.0. The minimum atomic E-state index is -3.70. The first-order valence-electron chi connectivity index (χ1n) is 21.3. The van der Waals surface area contributed by atoms with Gasteiger partial charge >= 0.3 is 0 Å². The molecular weight excluding hydrogens is 816 g/mol. The Labute approximate surface area is 366 Å². The minimum Gasteiger partial charge on any atom is -0.496 e. The molecule has 4 aliphatic rings. The fourth-order valence-corrected chi connectivity index (χ4v) is 10.9. The fourth-order valence-electron chi connectivity index (χ4n) is 10.2. The number of anilines is 1. The van der Waals surface area contributed by atoms with Gasteiger partial charge in [0.1, 0.15) is 23.7 Å². The zero-order valence-electron chi connectivity index (χ0n) is 37.6. The van der Waals surface area contributed by atoms with E-state index in [1.54, 1.807) is 49.4 Å². The van der Waals surface area contributed by atoms with Gasteiger partial charge in [-0.1, -0.05) is 51.1 Å². The topological polar surface area (TPSA) is 173 Å². The van der Waals surface area contributed by atoms with E-state index in [0.717, 1.165) is 19.1 Å². The average Bonchev–Trinajstić information content (AvgIpc) is 3.59. The van der Waals surface area contributed by atoms with Crippen molar-refractivity contribution in [1.29, 1.82) is 0 Å². The Bertz CT molecular complexity index is 2190. The number of nitrogens with zero attached hydrogens (tertiary/aromatic N) is 3. The third kappa shape index (κ3) is 9.96. The first-order valence-corrected chi connectivity index (χ1v) is 23.2. The van der Waals surface area contributed by atoms with Crippen LogP contribution in [0.3, 0.4) is 0 Å². The van der Waals surface area contributed by atoms with Crippen LogP contribution >= 0.6 is 0 Å². The Hall–Kier alpha value is -4.16. The molecule has 3 aliphatic carbocycles. The van der Waals surface area contributed by atoms with Crippen LogP contribution in [0.15, 0.2) is 60.7 Å². The SMILES string of the molecule is COc1c(-c2cc(C(=O)N[C@H](CN(C)C)[C@@H](NS(C)(=O)=O)c3ccccc3)cc(N(C)C)c2)ccc(F)c1CN1O[C@@H](CO)[C@@H]([C@H](C)O)[C@H]1C(=O)N[C@H]1C[C@H]2C[C@H]([C@@H]1C)C2(C)C. The molecule has 1 aliphatic heterocycles. The standard InChI is InChI=1S/C46H65FN6O8S/c1-26-35-21-31(46(35,3)4)22-37(26)48-45(57)42-40(27(2)55)39(25-54)61-53(42)23-34-36(47)17-16-33(43(34)60-9)29-18-30(20-32(19-29)52(7)8)44(56)49-38(24-51(5)6)41(50-62(10,58)59)28-14-12-11-13-15-28/h11-20,26-27,31,35,37-42,50,54-55H,21-25H2,1-10H3,(H,48,57)(H,49,56)/t26-,27-,31+,35+,37-,38+,39-,40+,41-,42-/m0/s1. The van der Waals surface area contributed by atoms with Crippen molar-refractivity contribution >= 4 is 27.5 Å². The third-order valence-corrected chi connectivity index (χ3v) is 14.3. The number of hydroxylamine groups is 2. The van der Waals surface area contributed by atoms with Crippen molar-refractivity contribution in [2.24, 2.45) is 29.1 Å². The number of rotatable bonds is 17. The maximum absolute atomic E-state index is 16.2. The number of carbonyl (C=O) groups is 2. The van der Waals surface area contributed by atoms with Gasteiger partial charge in [0, 0.05) is 55.0 Å². The minimum absolute atomic E-state index is 0.0737. The maximum atomic E-state index is 16.2. The number of likely N-dealkylation sites (N-methyl/N-ethyl adjacent to an activating group) is 1. The molecule has 2 amide bonds. The fraction of sp³-hybridized carbons (Fsp3) is 0.565. The first-order chi connectivity index (χ1) is 29.1. The van der Waals surface area contributed by atoms with E-state index in [1.807, 2.05) is 50.1 Å². The van der Waals surface area contributed by atoms with Gasteiger partial charge in [0.15, 0.2) is 0 Å². The van der Waals surface area contributed by atoms with Crippen LogP contribution in [0.2, 0.25) is 0 Å². The molecule has 2 bridgehead atoms. The number of aliphatic hydroxyl groups excluding tert-OH is 2. The number of carbonyl (C=O) groups excluding carboxylic acids is 2. The highest BCUT2D eigenvalue weighted by Gasteiger charge is 2.57. The number of fused-ring (bicyclic) bond motifs is 2. The van der Waals surface area contributed by atoms with Gasteiger partial charge in [0.05, 0.1) is 44.7 Å². The maximum Gasteiger partial charge on any atom is 0.251 e. The molecule has 7 rings (SSSR count). The van der Waals surface area contributed by atoms with Crippen molar-refractivity contribution in [2.75, 3.05) is 59.6 Å². The molecule has 3 aromatic rings. The predicted molar refractivity (Wildman–Crippen MR) is 237 cm³/mol. The van der Waals surface area contributed by atoms with Crippen molar-refractivity contribution in [2.45, 2.75) is 83.5 Å². The van der Waals surface area contributed by atoms with E-state index in [4.69, 9.17) is 9.57 Å². The van der Waals surface area contributed by atoms with Crippen LogP contribution in [0.25, 0.3) is 11.1 Å². The Kier molecular flexibility index (Phi) is 14.4. The molecule has 3 saturated carbocycles. The van der Waals surface area contributed by atoms with Gasteiger partial charge in [-0.25, -0.2) is 17.5 Å². The highest BCUT2D eigenvalue weighted by atomic mass is 32.2. The molecular formula is C46H65FN6O8S. The number of hydrogen-bond donors (Lipinski definition) is 5. The molecule has 10 atom stereocenters. The van der Waals surface area contributed by atoms with Crippen molar-refractivity contribution in [1.82, 2.24) is 25.3 Å². The van der Waals surface area contributed by atoms with Crippen LogP contribution in [0.1, 0.15) is 68.1 Å². The number of hydrogen-bond acceptors (Lipinski definition) is 11. The molecule has 3 aromatic carbocycles. The number of ether oxygens (including phenoxy) is 1. The van der Waals surface area contributed by atoms with E-state index >= 15 is 4.39 Å². The second-order valence-corrected chi connectivity index (χ2v) is 20.4. The quantitative estimate of drug-likeness (QED) is 0.132.